The summed E-state index contributed by atoms with van der Waals surface area (Å²) in [6, 6.07) is 15.4. The molecule has 1 N–H and O–H groups in total. The Bertz CT molecular complexity index is 964. The highest BCUT2D eigenvalue weighted by Crippen LogP contribution is 2.38. The molecule has 0 radical (unpaired) electrons. The summed E-state index contributed by atoms with van der Waals surface area (Å²) in [6.07, 6.45) is 4.38. The number of benzene rings is 2. The molecule has 144 valence electrons. The SMILES string of the molecule is CCCCOc1ccc([C@H]2CC(=O)Nc3c2cnn3-c2ccc(Cl)cc2)cc1. The first-order valence-corrected chi connectivity index (χ1v) is 9.90. The second-order valence-electron chi connectivity index (χ2n) is 6.91. The van der Waals surface area contributed by atoms with Crippen LogP contribution >= 0.6 is 11.6 Å². The van der Waals surface area contributed by atoms with Gasteiger partial charge in [-0.3, -0.25) is 4.79 Å². The fourth-order valence-electron chi connectivity index (χ4n) is 3.43. The lowest BCUT2D eigenvalue weighted by Gasteiger charge is -2.24. The van der Waals surface area contributed by atoms with Gasteiger partial charge in [0.15, 0.2) is 0 Å². The fourth-order valence-corrected chi connectivity index (χ4v) is 3.55. The summed E-state index contributed by atoms with van der Waals surface area (Å²) in [7, 11) is 0. The average Bonchev–Trinajstić information content (AvgIpc) is 3.12. The molecule has 1 amide bonds. The van der Waals surface area contributed by atoms with Gasteiger partial charge in [-0.25, -0.2) is 4.68 Å². The van der Waals surface area contributed by atoms with Gasteiger partial charge in [-0.2, -0.15) is 5.10 Å². The van der Waals surface area contributed by atoms with E-state index in [9.17, 15) is 4.79 Å². The number of carbonyl (C=O) groups excluding carboxylic acids is 1. The van der Waals surface area contributed by atoms with Crippen LogP contribution in [-0.2, 0) is 4.79 Å². The van der Waals surface area contributed by atoms with E-state index in [0.29, 0.717) is 17.3 Å². The van der Waals surface area contributed by atoms with Gasteiger partial charge < -0.3 is 10.1 Å². The number of hydrogen-bond acceptors (Lipinski definition) is 3. The van der Waals surface area contributed by atoms with Crippen LogP contribution in [0.2, 0.25) is 5.02 Å². The highest BCUT2D eigenvalue weighted by atomic mass is 35.5. The van der Waals surface area contributed by atoms with Crippen molar-refractivity contribution in [1.29, 1.82) is 0 Å². The number of rotatable bonds is 6. The molecule has 6 heteroatoms. The van der Waals surface area contributed by atoms with Crippen LogP contribution in [0.1, 0.15) is 43.2 Å². The number of fused-ring (bicyclic) bond motifs is 1. The van der Waals surface area contributed by atoms with E-state index < -0.39 is 0 Å². The molecule has 1 aliphatic heterocycles. The number of unbranched alkanes of at least 4 members (excludes halogenated alkanes) is 1. The fraction of sp³-hybridized carbons (Fsp3) is 0.273. The predicted octanol–water partition coefficient (Wildman–Crippen LogP) is 5.18. The van der Waals surface area contributed by atoms with Crippen molar-refractivity contribution in [1.82, 2.24) is 9.78 Å². The molecule has 2 heterocycles. The highest BCUT2D eigenvalue weighted by molar-refractivity contribution is 6.30. The van der Waals surface area contributed by atoms with Gasteiger partial charge in [0.05, 0.1) is 18.5 Å². The van der Waals surface area contributed by atoms with E-state index in [1.54, 1.807) is 4.68 Å². The molecule has 0 saturated heterocycles. The lowest BCUT2D eigenvalue weighted by molar-refractivity contribution is -0.116. The lowest BCUT2D eigenvalue weighted by atomic mass is 9.87. The number of aromatic nitrogens is 2. The van der Waals surface area contributed by atoms with Crippen molar-refractivity contribution in [3.8, 4) is 11.4 Å². The van der Waals surface area contributed by atoms with E-state index in [1.165, 1.54) is 0 Å². The third kappa shape index (κ3) is 3.76. The molecule has 0 spiro atoms. The van der Waals surface area contributed by atoms with Crippen LogP contribution in [0.4, 0.5) is 5.82 Å². The number of ether oxygens (including phenoxy) is 1. The van der Waals surface area contributed by atoms with Crippen LogP contribution in [-0.4, -0.2) is 22.3 Å². The van der Waals surface area contributed by atoms with Crippen LogP contribution in [0.3, 0.4) is 0 Å². The molecule has 2 aromatic carbocycles. The maximum atomic E-state index is 12.4. The molecule has 0 bridgehead atoms. The van der Waals surface area contributed by atoms with Gasteiger partial charge in [-0.1, -0.05) is 37.1 Å². The van der Waals surface area contributed by atoms with Crippen molar-refractivity contribution in [2.75, 3.05) is 11.9 Å². The minimum absolute atomic E-state index is 0.0171. The number of nitrogens with zero attached hydrogens (tertiary/aromatic N) is 2. The number of anilines is 1. The van der Waals surface area contributed by atoms with E-state index in [0.717, 1.165) is 42.0 Å². The van der Waals surface area contributed by atoms with Gasteiger partial charge in [0.1, 0.15) is 11.6 Å². The molecule has 0 unspecified atom stereocenters. The van der Waals surface area contributed by atoms with Crippen molar-refractivity contribution >= 4 is 23.3 Å². The Hall–Kier alpha value is -2.79. The number of nitrogens with one attached hydrogen (secondary N) is 1. The second kappa shape index (κ2) is 8.07. The summed E-state index contributed by atoms with van der Waals surface area (Å²) in [5.41, 5.74) is 2.94. The summed E-state index contributed by atoms with van der Waals surface area (Å²) < 4.78 is 7.49. The molecule has 1 aromatic heterocycles. The molecular formula is C22H22ClN3O2. The van der Waals surface area contributed by atoms with Crippen LogP contribution in [0, 0.1) is 0 Å². The van der Waals surface area contributed by atoms with E-state index >= 15 is 0 Å². The summed E-state index contributed by atoms with van der Waals surface area (Å²) in [4.78, 5) is 12.4. The Morgan fingerprint density at radius 1 is 1.18 bits per heavy atom. The average molecular weight is 396 g/mol. The summed E-state index contributed by atoms with van der Waals surface area (Å²) in [5, 5.41) is 8.14. The van der Waals surface area contributed by atoms with Crippen LogP contribution in [0.15, 0.2) is 54.7 Å². The van der Waals surface area contributed by atoms with Crippen molar-refractivity contribution in [3.05, 3.63) is 70.9 Å². The third-order valence-electron chi connectivity index (χ3n) is 4.94. The van der Waals surface area contributed by atoms with Gasteiger partial charge in [-0.05, 0) is 48.4 Å². The standard InChI is InChI=1S/C22H22ClN3O2/c1-2-3-12-28-18-10-4-15(5-11-18)19-13-21(27)25-22-20(19)14-24-26(22)17-8-6-16(23)7-9-17/h4-11,14,19H,2-3,12-13H2,1H3,(H,25,27)/t19-/m1/s1. The Kier molecular flexibility index (Phi) is 5.35. The Balaban J connectivity index is 1.62. The zero-order valence-corrected chi connectivity index (χ0v) is 16.4. The smallest absolute Gasteiger partial charge is 0.226 e. The molecule has 1 aliphatic rings. The molecule has 0 fully saturated rings. The van der Waals surface area contributed by atoms with Gasteiger partial charge in [0, 0.05) is 22.9 Å². The molecule has 3 aromatic rings. The first-order chi connectivity index (χ1) is 13.7. The Labute approximate surface area is 169 Å². The first kappa shape index (κ1) is 18.6. The summed E-state index contributed by atoms with van der Waals surface area (Å²) >= 11 is 5.99. The van der Waals surface area contributed by atoms with E-state index in [1.807, 2.05) is 54.7 Å². The topological polar surface area (TPSA) is 56.1 Å². The Morgan fingerprint density at radius 3 is 2.64 bits per heavy atom. The number of amides is 1. The Morgan fingerprint density at radius 2 is 1.93 bits per heavy atom. The summed E-state index contributed by atoms with van der Waals surface area (Å²) in [5.74, 6) is 1.52. The normalized spacial score (nSPS) is 15.8. The van der Waals surface area contributed by atoms with E-state index in [4.69, 9.17) is 16.3 Å². The number of halogens is 1. The van der Waals surface area contributed by atoms with E-state index in [2.05, 4.69) is 17.3 Å². The minimum atomic E-state index is -0.0329. The number of carbonyl (C=O) groups is 1. The van der Waals surface area contributed by atoms with Crippen molar-refractivity contribution < 1.29 is 9.53 Å². The highest BCUT2D eigenvalue weighted by Gasteiger charge is 2.30. The minimum Gasteiger partial charge on any atom is -0.494 e. The molecular weight excluding hydrogens is 374 g/mol. The zero-order chi connectivity index (χ0) is 19.5. The quantitative estimate of drug-likeness (QED) is 0.585. The van der Waals surface area contributed by atoms with Crippen LogP contribution < -0.4 is 10.1 Å². The van der Waals surface area contributed by atoms with Crippen LogP contribution in [0.5, 0.6) is 5.75 Å². The van der Waals surface area contributed by atoms with Gasteiger partial charge >= 0.3 is 0 Å². The monoisotopic (exact) mass is 395 g/mol. The number of hydrogen-bond donors (Lipinski definition) is 1. The maximum absolute atomic E-state index is 12.4. The summed E-state index contributed by atoms with van der Waals surface area (Å²) in [6.45, 7) is 2.86. The van der Waals surface area contributed by atoms with Crippen molar-refractivity contribution in [3.63, 3.8) is 0 Å². The first-order valence-electron chi connectivity index (χ1n) is 9.52. The molecule has 5 nitrogen and oxygen atoms in total. The third-order valence-corrected chi connectivity index (χ3v) is 5.19. The van der Waals surface area contributed by atoms with Crippen molar-refractivity contribution in [2.24, 2.45) is 0 Å². The molecule has 0 aliphatic carbocycles. The van der Waals surface area contributed by atoms with Gasteiger partial charge in [-0.15, -0.1) is 0 Å². The predicted molar refractivity (Wildman–Crippen MR) is 111 cm³/mol. The zero-order valence-electron chi connectivity index (χ0n) is 15.7. The molecule has 4 rings (SSSR count). The maximum Gasteiger partial charge on any atom is 0.226 e. The lowest BCUT2D eigenvalue weighted by Crippen LogP contribution is -2.24. The van der Waals surface area contributed by atoms with Crippen LogP contribution in [0.25, 0.3) is 5.69 Å². The molecule has 0 saturated carbocycles. The molecule has 28 heavy (non-hydrogen) atoms. The van der Waals surface area contributed by atoms with E-state index in [-0.39, 0.29) is 11.8 Å². The van der Waals surface area contributed by atoms with Gasteiger partial charge in [0.25, 0.3) is 0 Å². The van der Waals surface area contributed by atoms with Crippen molar-refractivity contribution in [2.45, 2.75) is 32.1 Å². The largest absolute Gasteiger partial charge is 0.494 e. The second-order valence-corrected chi connectivity index (χ2v) is 7.35. The van der Waals surface area contributed by atoms with Gasteiger partial charge in [0.2, 0.25) is 5.91 Å². The molecule has 1 atom stereocenters.